The first-order chi connectivity index (χ1) is 7.72. The van der Waals surface area contributed by atoms with Crippen LogP contribution in [0.2, 0.25) is 0 Å². The van der Waals surface area contributed by atoms with E-state index >= 15 is 0 Å². The van der Waals surface area contributed by atoms with Crippen molar-refractivity contribution in [2.24, 2.45) is 5.92 Å². The van der Waals surface area contributed by atoms with Crippen LogP contribution in [0.1, 0.15) is 38.3 Å². The molecule has 1 unspecified atom stereocenters. The minimum Gasteiger partial charge on any atom is -0.268 e. The number of alkyl halides is 1. The van der Waals surface area contributed by atoms with E-state index < -0.39 is 0 Å². The molecule has 90 valence electrons. The number of nitrogens with zero attached hydrogens (tertiary/aromatic N) is 2. The Bertz CT molecular complexity index is 347. The minimum atomic E-state index is 0.358. The summed E-state index contributed by atoms with van der Waals surface area (Å²) in [6.07, 6.45) is 7.76. The molecule has 4 heteroatoms. The van der Waals surface area contributed by atoms with Crippen LogP contribution in [0.5, 0.6) is 0 Å². The van der Waals surface area contributed by atoms with E-state index in [1.54, 1.807) is 0 Å². The Morgan fingerprint density at radius 2 is 2.38 bits per heavy atom. The second kappa shape index (κ2) is 5.54. The fraction of sp³-hybridized carbons (Fsp3) is 0.750. The smallest absolute Gasteiger partial charge is 0.0635 e. The van der Waals surface area contributed by atoms with E-state index in [0.717, 1.165) is 36.2 Å². The van der Waals surface area contributed by atoms with Crippen LogP contribution in [0.4, 0.5) is 0 Å². The lowest BCUT2D eigenvalue weighted by Gasteiger charge is -2.10. The van der Waals surface area contributed by atoms with Crippen molar-refractivity contribution in [3.05, 3.63) is 16.4 Å². The van der Waals surface area contributed by atoms with Crippen molar-refractivity contribution in [3.8, 4) is 0 Å². The van der Waals surface area contributed by atoms with Crippen LogP contribution in [0.15, 0.2) is 10.7 Å². The molecule has 0 N–H and O–H groups in total. The van der Waals surface area contributed by atoms with Gasteiger partial charge in [0, 0.05) is 11.9 Å². The lowest BCUT2D eigenvalue weighted by molar-refractivity contribution is 0.557. The molecular formula is C12H18BrClN2. The van der Waals surface area contributed by atoms with Crippen molar-refractivity contribution in [1.82, 2.24) is 9.78 Å². The van der Waals surface area contributed by atoms with E-state index in [4.69, 9.17) is 11.6 Å². The first kappa shape index (κ1) is 12.4. The second-order valence-corrected chi connectivity index (χ2v) is 5.97. The van der Waals surface area contributed by atoms with Crippen molar-refractivity contribution in [2.45, 2.75) is 50.9 Å². The summed E-state index contributed by atoms with van der Waals surface area (Å²) in [5.41, 5.74) is 1.30. The number of hydrogen-bond acceptors (Lipinski definition) is 1. The minimum absolute atomic E-state index is 0.358. The van der Waals surface area contributed by atoms with Crippen molar-refractivity contribution < 1.29 is 0 Å². The Morgan fingerprint density at radius 3 is 3.00 bits per heavy atom. The lowest BCUT2D eigenvalue weighted by atomic mass is 10.1. The summed E-state index contributed by atoms with van der Waals surface area (Å²) in [6, 6.07) is 0. The highest BCUT2D eigenvalue weighted by atomic mass is 79.9. The van der Waals surface area contributed by atoms with Crippen molar-refractivity contribution in [2.75, 3.05) is 0 Å². The molecule has 0 aliphatic heterocycles. The van der Waals surface area contributed by atoms with Crippen molar-refractivity contribution >= 4 is 27.5 Å². The normalized spacial score (nSPS) is 17.7. The zero-order valence-corrected chi connectivity index (χ0v) is 12.0. The average molecular weight is 306 g/mol. The SMILES string of the molecule is CCCn1ncc(Br)c1CCC(Cl)C1CC1. The zero-order chi connectivity index (χ0) is 11.5. The highest BCUT2D eigenvalue weighted by Crippen LogP contribution is 2.37. The number of hydrogen-bond donors (Lipinski definition) is 0. The van der Waals surface area contributed by atoms with Gasteiger partial charge in [0.15, 0.2) is 0 Å². The molecule has 16 heavy (non-hydrogen) atoms. The van der Waals surface area contributed by atoms with E-state index in [2.05, 4.69) is 32.6 Å². The van der Waals surface area contributed by atoms with Gasteiger partial charge in [0.2, 0.25) is 0 Å². The summed E-state index contributed by atoms with van der Waals surface area (Å²) < 4.78 is 3.22. The molecule has 2 rings (SSSR count). The van der Waals surface area contributed by atoms with Crippen LogP contribution in [-0.2, 0) is 13.0 Å². The molecule has 0 amide bonds. The van der Waals surface area contributed by atoms with Gasteiger partial charge in [-0.05, 0) is 54.0 Å². The second-order valence-electron chi connectivity index (χ2n) is 4.55. The fourth-order valence-corrected chi connectivity index (χ4v) is 2.86. The average Bonchev–Trinajstić information content (AvgIpc) is 3.04. The summed E-state index contributed by atoms with van der Waals surface area (Å²) in [7, 11) is 0. The molecule has 1 heterocycles. The molecule has 0 spiro atoms. The highest BCUT2D eigenvalue weighted by Gasteiger charge is 2.29. The van der Waals surface area contributed by atoms with Gasteiger partial charge in [-0.15, -0.1) is 11.6 Å². The van der Waals surface area contributed by atoms with Crippen LogP contribution in [-0.4, -0.2) is 15.2 Å². The van der Waals surface area contributed by atoms with E-state index in [0.29, 0.717) is 5.38 Å². The van der Waals surface area contributed by atoms with Gasteiger partial charge < -0.3 is 0 Å². The van der Waals surface area contributed by atoms with E-state index in [9.17, 15) is 0 Å². The third kappa shape index (κ3) is 3.01. The van der Waals surface area contributed by atoms with Gasteiger partial charge in [0.05, 0.1) is 16.4 Å². The predicted molar refractivity (Wildman–Crippen MR) is 70.9 cm³/mol. The summed E-state index contributed by atoms with van der Waals surface area (Å²) in [4.78, 5) is 0. The molecule has 1 fully saturated rings. The van der Waals surface area contributed by atoms with E-state index in [1.165, 1.54) is 18.5 Å². The largest absolute Gasteiger partial charge is 0.268 e. The molecule has 1 aliphatic carbocycles. The maximum Gasteiger partial charge on any atom is 0.0635 e. The van der Waals surface area contributed by atoms with Gasteiger partial charge >= 0.3 is 0 Å². The molecule has 1 saturated carbocycles. The van der Waals surface area contributed by atoms with Crippen LogP contribution < -0.4 is 0 Å². The fourth-order valence-electron chi connectivity index (χ4n) is 2.01. The van der Waals surface area contributed by atoms with Gasteiger partial charge in [-0.1, -0.05) is 6.92 Å². The van der Waals surface area contributed by atoms with Gasteiger partial charge in [-0.2, -0.15) is 5.10 Å². The molecule has 0 aromatic carbocycles. The number of aromatic nitrogens is 2. The monoisotopic (exact) mass is 304 g/mol. The van der Waals surface area contributed by atoms with Crippen LogP contribution >= 0.6 is 27.5 Å². The molecule has 0 bridgehead atoms. The zero-order valence-electron chi connectivity index (χ0n) is 9.63. The molecule has 0 saturated heterocycles. The lowest BCUT2D eigenvalue weighted by Crippen LogP contribution is -2.09. The number of halogens is 2. The molecule has 1 aromatic heterocycles. The maximum absolute atomic E-state index is 6.33. The summed E-state index contributed by atoms with van der Waals surface area (Å²) in [5.74, 6) is 0.781. The summed E-state index contributed by atoms with van der Waals surface area (Å²) in [6.45, 7) is 3.17. The van der Waals surface area contributed by atoms with Crippen LogP contribution in [0.3, 0.4) is 0 Å². The topological polar surface area (TPSA) is 17.8 Å². The van der Waals surface area contributed by atoms with Crippen LogP contribution in [0, 0.1) is 5.92 Å². The first-order valence-electron chi connectivity index (χ1n) is 6.06. The Balaban J connectivity index is 1.93. The summed E-state index contributed by atoms with van der Waals surface area (Å²) in [5, 5.41) is 4.73. The van der Waals surface area contributed by atoms with Gasteiger partial charge in [-0.25, -0.2) is 0 Å². The third-order valence-electron chi connectivity index (χ3n) is 3.12. The Morgan fingerprint density at radius 1 is 1.62 bits per heavy atom. The van der Waals surface area contributed by atoms with Crippen LogP contribution in [0.25, 0.3) is 0 Å². The standard InChI is InChI=1S/C12H18BrClN2/c1-2-7-16-12(10(13)8-15-16)6-5-11(14)9-3-4-9/h8-9,11H,2-7H2,1H3. The highest BCUT2D eigenvalue weighted by molar-refractivity contribution is 9.10. The van der Waals surface area contributed by atoms with Gasteiger partial charge in [0.1, 0.15) is 0 Å². The quantitative estimate of drug-likeness (QED) is 0.726. The van der Waals surface area contributed by atoms with E-state index in [-0.39, 0.29) is 0 Å². The molecule has 1 aliphatic rings. The Kier molecular flexibility index (Phi) is 4.31. The number of rotatable bonds is 6. The molecule has 1 atom stereocenters. The van der Waals surface area contributed by atoms with Crippen molar-refractivity contribution in [1.29, 1.82) is 0 Å². The summed E-state index contributed by atoms with van der Waals surface area (Å²) >= 11 is 9.90. The van der Waals surface area contributed by atoms with Crippen molar-refractivity contribution in [3.63, 3.8) is 0 Å². The molecule has 0 radical (unpaired) electrons. The Labute approximate surface area is 110 Å². The van der Waals surface area contributed by atoms with Gasteiger partial charge in [-0.3, -0.25) is 4.68 Å². The van der Waals surface area contributed by atoms with Gasteiger partial charge in [0.25, 0.3) is 0 Å². The maximum atomic E-state index is 6.33. The third-order valence-corrected chi connectivity index (χ3v) is 4.36. The molecule has 1 aromatic rings. The molecule has 2 nitrogen and oxygen atoms in total. The predicted octanol–water partition coefficient (Wildman–Crippen LogP) is 4.01. The Hall–Kier alpha value is -0.0200. The number of aryl methyl sites for hydroxylation is 1. The van der Waals surface area contributed by atoms with E-state index in [1.807, 2.05) is 6.20 Å². The molecular weight excluding hydrogens is 288 g/mol. The first-order valence-corrected chi connectivity index (χ1v) is 7.29.